The van der Waals surface area contributed by atoms with Crippen molar-refractivity contribution in [3.63, 3.8) is 0 Å². The second-order valence-corrected chi connectivity index (χ2v) is 4.83. The topological polar surface area (TPSA) is 50.7 Å². The van der Waals surface area contributed by atoms with E-state index < -0.39 is 5.60 Å². The van der Waals surface area contributed by atoms with Crippen LogP contribution in [0.2, 0.25) is 0 Å². The number of rotatable bonds is 4. The van der Waals surface area contributed by atoms with E-state index in [0.717, 1.165) is 11.3 Å². The lowest BCUT2D eigenvalue weighted by atomic mass is 9.95. The van der Waals surface area contributed by atoms with Crippen LogP contribution in [0, 0.1) is 0 Å². The molecule has 1 aliphatic heterocycles. The molecule has 0 aromatic heterocycles. The van der Waals surface area contributed by atoms with Crippen LogP contribution in [0.1, 0.15) is 18.9 Å². The van der Waals surface area contributed by atoms with E-state index in [1.807, 2.05) is 30.3 Å². The molecule has 1 heterocycles. The summed E-state index contributed by atoms with van der Waals surface area (Å²) in [5.41, 5.74) is 0.885. The molecular formula is C13H16N2O2S. The van der Waals surface area contributed by atoms with E-state index in [1.165, 1.54) is 0 Å². The Kier molecular flexibility index (Phi) is 3.91. The van der Waals surface area contributed by atoms with Gasteiger partial charge < -0.3 is 10.2 Å². The fourth-order valence-electron chi connectivity index (χ4n) is 1.80. The van der Waals surface area contributed by atoms with Gasteiger partial charge in [0.1, 0.15) is 0 Å². The molecule has 0 bridgehead atoms. The van der Waals surface area contributed by atoms with Crippen LogP contribution in [-0.2, 0) is 9.63 Å². The van der Waals surface area contributed by atoms with Gasteiger partial charge in [-0.25, -0.2) is 0 Å². The van der Waals surface area contributed by atoms with E-state index in [-0.39, 0.29) is 5.91 Å². The van der Waals surface area contributed by atoms with Crippen LogP contribution in [0.15, 0.2) is 35.5 Å². The molecule has 1 atom stereocenters. The Bertz CT molecular complexity index is 461. The minimum absolute atomic E-state index is 0.147. The number of hydrogen-bond donors (Lipinski definition) is 2. The van der Waals surface area contributed by atoms with Gasteiger partial charge in [0, 0.05) is 18.7 Å². The van der Waals surface area contributed by atoms with Crippen LogP contribution in [0.25, 0.3) is 0 Å². The molecule has 0 radical (unpaired) electrons. The predicted molar refractivity (Wildman–Crippen MR) is 73.9 cm³/mol. The molecule has 2 rings (SSSR count). The first-order valence-electron chi connectivity index (χ1n) is 5.85. The Morgan fingerprint density at radius 3 is 2.89 bits per heavy atom. The number of thiol groups is 1. The second kappa shape index (κ2) is 5.44. The number of hydrogen-bond acceptors (Lipinski definition) is 4. The summed E-state index contributed by atoms with van der Waals surface area (Å²) < 4.78 is 0. The first-order chi connectivity index (χ1) is 8.65. The molecule has 1 unspecified atom stereocenters. The summed E-state index contributed by atoms with van der Waals surface area (Å²) >= 11 is 4.06. The number of oxime groups is 1. The van der Waals surface area contributed by atoms with Crippen molar-refractivity contribution >= 4 is 24.2 Å². The maximum Gasteiger partial charge on any atom is 0.267 e. The Morgan fingerprint density at radius 1 is 1.50 bits per heavy atom. The highest BCUT2D eigenvalue weighted by Crippen LogP contribution is 2.26. The highest BCUT2D eigenvalue weighted by atomic mass is 32.1. The van der Waals surface area contributed by atoms with E-state index in [2.05, 4.69) is 23.1 Å². The zero-order valence-electron chi connectivity index (χ0n) is 10.2. The van der Waals surface area contributed by atoms with Crippen LogP contribution in [0.5, 0.6) is 0 Å². The van der Waals surface area contributed by atoms with Gasteiger partial charge >= 0.3 is 0 Å². The van der Waals surface area contributed by atoms with Crippen molar-refractivity contribution in [1.29, 1.82) is 0 Å². The normalized spacial score (nSPS) is 22.2. The van der Waals surface area contributed by atoms with Crippen molar-refractivity contribution in [3.8, 4) is 0 Å². The average Bonchev–Trinajstić information content (AvgIpc) is 2.81. The van der Waals surface area contributed by atoms with Crippen molar-refractivity contribution in [2.75, 3.05) is 12.3 Å². The van der Waals surface area contributed by atoms with E-state index in [9.17, 15) is 4.79 Å². The fourth-order valence-corrected chi connectivity index (χ4v) is 1.92. The zero-order chi connectivity index (χ0) is 13.0. The molecule has 0 saturated carbocycles. The Balaban J connectivity index is 2.04. The van der Waals surface area contributed by atoms with E-state index >= 15 is 0 Å². The monoisotopic (exact) mass is 264 g/mol. The van der Waals surface area contributed by atoms with Crippen LogP contribution in [0.4, 0.5) is 0 Å². The number of carbonyl (C=O) groups excluding carboxylic acids is 1. The van der Waals surface area contributed by atoms with Gasteiger partial charge in [-0.15, -0.1) is 0 Å². The molecule has 1 aromatic rings. The largest absolute Gasteiger partial charge is 0.379 e. The molecule has 0 fully saturated rings. The maximum atomic E-state index is 12.0. The fraction of sp³-hybridized carbons (Fsp3) is 0.385. The molecule has 1 N–H and O–H groups in total. The molecule has 0 aliphatic carbocycles. The van der Waals surface area contributed by atoms with Gasteiger partial charge in [-0.1, -0.05) is 35.5 Å². The summed E-state index contributed by atoms with van der Waals surface area (Å²) in [6.07, 6.45) is 0.482. The van der Waals surface area contributed by atoms with Gasteiger partial charge in [-0.05, 0) is 12.5 Å². The lowest BCUT2D eigenvalue weighted by Gasteiger charge is -2.20. The van der Waals surface area contributed by atoms with Crippen molar-refractivity contribution in [1.82, 2.24) is 5.32 Å². The van der Waals surface area contributed by atoms with Gasteiger partial charge in [0.2, 0.25) is 5.60 Å². The Labute approximate surface area is 112 Å². The molecule has 4 nitrogen and oxygen atoms in total. The molecule has 1 aliphatic rings. The van der Waals surface area contributed by atoms with E-state index in [4.69, 9.17) is 4.84 Å². The number of nitrogens with one attached hydrogen (secondary N) is 1. The summed E-state index contributed by atoms with van der Waals surface area (Å²) in [4.78, 5) is 17.3. The molecular weight excluding hydrogens is 248 g/mol. The first-order valence-corrected chi connectivity index (χ1v) is 6.48. The molecule has 5 heteroatoms. The number of amides is 1. The number of carbonyl (C=O) groups is 1. The zero-order valence-corrected chi connectivity index (χ0v) is 11.1. The molecule has 18 heavy (non-hydrogen) atoms. The summed E-state index contributed by atoms with van der Waals surface area (Å²) in [6.45, 7) is 2.28. The van der Waals surface area contributed by atoms with Gasteiger partial charge in [-0.2, -0.15) is 12.6 Å². The SMILES string of the molecule is CC1(C(=O)NCCS)CC(c2ccccc2)=NO1. The van der Waals surface area contributed by atoms with Crippen molar-refractivity contribution in [3.05, 3.63) is 35.9 Å². The van der Waals surface area contributed by atoms with E-state index in [0.29, 0.717) is 18.7 Å². The smallest absolute Gasteiger partial charge is 0.267 e. The Morgan fingerprint density at radius 2 is 2.22 bits per heavy atom. The van der Waals surface area contributed by atoms with Crippen molar-refractivity contribution in [2.24, 2.45) is 5.16 Å². The average molecular weight is 264 g/mol. The summed E-state index contributed by atoms with van der Waals surface area (Å²) in [6, 6.07) is 9.74. The third kappa shape index (κ3) is 2.67. The number of benzene rings is 1. The minimum atomic E-state index is -0.909. The molecule has 1 aromatic carbocycles. The molecule has 0 spiro atoms. The predicted octanol–water partition coefficient (Wildman–Crippen LogP) is 1.62. The summed E-state index contributed by atoms with van der Waals surface area (Å²) in [7, 11) is 0. The summed E-state index contributed by atoms with van der Waals surface area (Å²) in [5, 5.41) is 6.80. The van der Waals surface area contributed by atoms with Crippen molar-refractivity contribution < 1.29 is 9.63 Å². The van der Waals surface area contributed by atoms with Gasteiger partial charge in [0.15, 0.2) is 0 Å². The Hall–Kier alpha value is -1.49. The maximum absolute atomic E-state index is 12.0. The lowest BCUT2D eigenvalue weighted by Crippen LogP contribution is -2.45. The first kappa shape index (κ1) is 13.0. The summed E-state index contributed by atoms with van der Waals surface area (Å²) in [5.74, 6) is 0.458. The van der Waals surface area contributed by atoms with Crippen LogP contribution in [0.3, 0.4) is 0 Å². The number of nitrogens with zero attached hydrogens (tertiary/aromatic N) is 1. The highest BCUT2D eigenvalue weighted by Gasteiger charge is 2.41. The van der Waals surface area contributed by atoms with Crippen molar-refractivity contribution in [2.45, 2.75) is 18.9 Å². The third-order valence-electron chi connectivity index (χ3n) is 2.85. The third-order valence-corrected chi connectivity index (χ3v) is 3.07. The standard InChI is InChI=1S/C13H16N2O2S/c1-13(12(16)14-7-8-18)9-11(15-17-13)10-5-3-2-4-6-10/h2-6,18H,7-9H2,1H3,(H,14,16). The van der Waals surface area contributed by atoms with Crippen LogP contribution in [-0.4, -0.2) is 29.5 Å². The van der Waals surface area contributed by atoms with Gasteiger partial charge in [-0.3, -0.25) is 4.79 Å². The minimum Gasteiger partial charge on any atom is -0.379 e. The highest BCUT2D eigenvalue weighted by molar-refractivity contribution is 7.80. The lowest BCUT2D eigenvalue weighted by molar-refractivity contribution is -0.141. The molecule has 96 valence electrons. The molecule has 1 amide bonds. The second-order valence-electron chi connectivity index (χ2n) is 4.38. The van der Waals surface area contributed by atoms with Gasteiger partial charge in [0.25, 0.3) is 5.91 Å². The van der Waals surface area contributed by atoms with Crippen LogP contribution < -0.4 is 5.32 Å². The van der Waals surface area contributed by atoms with Gasteiger partial charge in [0.05, 0.1) is 5.71 Å². The quantitative estimate of drug-likeness (QED) is 0.812. The van der Waals surface area contributed by atoms with Crippen LogP contribution >= 0.6 is 12.6 Å². The molecule has 0 saturated heterocycles. The van der Waals surface area contributed by atoms with E-state index in [1.54, 1.807) is 6.92 Å².